The molecule has 0 bridgehead atoms. The molecule has 3 heterocycles. The summed E-state index contributed by atoms with van der Waals surface area (Å²) in [4.78, 5) is 11.0. The largest absolute Gasteiger partial charge is 0.364 e. The highest BCUT2D eigenvalue weighted by atomic mass is 32.2. The Kier molecular flexibility index (Phi) is 4.81. The number of piperazine rings is 1. The molecule has 0 atom stereocenters. The maximum absolute atomic E-state index is 12.5. The van der Waals surface area contributed by atoms with Crippen LogP contribution in [0.2, 0.25) is 0 Å². The summed E-state index contributed by atoms with van der Waals surface area (Å²) in [5.74, 6) is 1.48. The first kappa shape index (κ1) is 16.8. The fourth-order valence-electron chi connectivity index (χ4n) is 2.74. The third kappa shape index (κ3) is 3.73. The summed E-state index contributed by atoms with van der Waals surface area (Å²) in [6.45, 7) is 6.02. The number of hydrogen-bond acceptors (Lipinski definition) is 7. The lowest BCUT2D eigenvalue weighted by molar-refractivity contribution is 0.380. The standard InChI is InChI=1S/C15H21N5O3S/c1-3-13-10-15(17-12(2)16-13)19-5-7-20(8-6-19)24(21,22)11-14-4-9-23-18-14/h4,9-10H,3,5-8,11H2,1-2H3. The van der Waals surface area contributed by atoms with Gasteiger partial charge in [0, 0.05) is 44.0 Å². The molecule has 9 heteroatoms. The predicted molar refractivity (Wildman–Crippen MR) is 89.1 cm³/mol. The fraction of sp³-hybridized carbons (Fsp3) is 0.533. The van der Waals surface area contributed by atoms with E-state index >= 15 is 0 Å². The summed E-state index contributed by atoms with van der Waals surface area (Å²) in [6.07, 6.45) is 2.23. The van der Waals surface area contributed by atoms with Crippen LogP contribution in [0.25, 0.3) is 0 Å². The molecule has 1 saturated heterocycles. The van der Waals surface area contributed by atoms with Crippen molar-refractivity contribution in [1.82, 2.24) is 19.4 Å². The molecule has 0 saturated carbocycles. The van der Waals surface area contributed by atoms with Crippen LogP contribution in [0.15, 0.2) is 22.9 Å². The van der Waals surface area contributed by atoms with Gasteiger partial charge in [-0.3, -0.25) is 0 Å². The van der Waals surface area contributed by atoms with Gasteiger partial charge >= 0.3 is 0 Å². The second-order valence-corrected chi connectivity index (χ2v) is 7.72. The molecule has 3 rings (SSSR count). The molecule has 8 nitrogen and oxygen atoms in total. The summed E-state index contributed by atoms with van der Waals surface area (Å²) in [6, 6.07) is 3.55. The average Bonchev–Trinajstić information content (AvgIpc) is 3.06. The van der Waals surface area contributed by atoms with Gasteiger partial charge in [0.2, 0.25) is 10.0 Å². The molecule has 1 aliphatic rings. The van der Waals surface area contributed by atoms with E-state index in [1.807, 2.05) is 13.0 Å². The number of aryl methyl sites for hydroxylation is 2. The Hall–Kier alpha value is -2.00. The Morgan fingerprint density at radius 1 is 1.17 bits per heavy atom. The van der Waals surface area contributed by atoms with Crippen molar-refractivity contribution in [1.29, 1.82) is 0 Å². The molecule has 0 radical (unpaired) electrons. The number of anilines is 1. The summed E-state index contributed by atoms with van der Waals surface area (Å²) in [7, 11) is -3.38. The molecule has 0 aromatic carbocycles. The van der Waals surface area contributed by atoms with Crippen LogP contribution in [0.1, 0.15) is 24.1 Å². The highest BCUT2D eigenvalue weighted by Crippen LogP contribution is 2.18. The third-order valence-corrected chi connectivity index (χ3v) is 5.83. The minimum Gasteiger partial charge on any atom is -0.364 e. The molecule has 0 unspecified atom stereocenters. The van der Waals surface area contributed by atoms with Crippen LogP contribution in [-0.4, -0.2) is 54.0 Å². The summed E-state index contributed by atoms with van der Waals surface area (Å²) in [5.41, 5.74) is 1.43. The van der Waals surface area contributed by atoms with Crippen molar-refractivity contribution in [3.05, 3.63) is 35.6 Å². The molecule has 1 aliphatic heterocycles. The van der Waals surface area contributed by atoms with Crippen LogP contribution < -0.4 is 4.90 Å². The SMILES string of the molecule is CCc1cc(N2CCN(S(=O)(=O)Cc3ccon3)CC2)nc(C)n1. The minimum absolute atomic E-state index is 0.129. The Morgan fingerprint density at radius 3 is 2.54 bits per heavy atom. The number of aromatic nitrogens is 3. The monoisotopic (exact) mass is 351 g/mol. The van der Waals surface area contributed by atoms with E-state index in [0.717, 1.165) is 23.8 Å². The zero-order chi connectivity index (χ0) is 17.2. The average molecular weight is 351 g/mol. The lowest BCUT2D eigenvalue weighted by atomic mass is 10.3. The molecule has 0 aliphatic carbocycles. The quantitative estimate of drug-likeness (QED) is 0.793. The Bertz CT molecular complexity index is 783. The zero-order valence-corrected chi connectivity index (χ0v) is 14.7. The molecular weight excluding hydrogens is 330 g/mol. The summed E-state index contributed by atoms with van der Waals surface area (Å²) in [5, 5.41) is 3.68. The summed E-state index contributed by atoms with van der Waals surface area (Å²) < 4.78 is 31.1. The van der Waals surface area contributed by atoms with E-state index in [1.54, 1.807) is 6.07 Å². The van der Waals surface area contributed by atoms with Gasteiger partial charge < -0.3 is 9.42 Å². The van der Waals surface area contributed by atoms with Gasteiger partial charge in [-0.25, -0.2) is 18.4 Å². The van der Waals surface area contributed by atoms with E-state index in [2.05, 4.69) is 26.9 Å². The van der Waals surface area contributed by atoms with Crippen LogP contribution in [0.3, 0.4) is 0 Å². The van der Waals surface area contributed by atoms with E-state index < -0.39 is 10.0 Å². The maximum atomic E-state index is 12.5. The van der Waals surface area contributed by atoms with Crippen molar-refractivity contribution < 1.29 is 12.9 Å². The van der Waals surface area contributed by atoms with Gasteiger partial charge in [0.05, 0.1) is 5.69 Å². The first-order chi connectivity index (χ1) is 11.5. The number of nitrogens with zero attached hydrogens (tertiary/aromatic N) is 5. The van der Waals surface area contributed by atoms with E-state index in [1.165, 1.54) is 10.6 Å². The third-order valence-electron chi connectivity index (χ3n) is 4.02. The normalized spacial score (nSPS) is 16.5. The van der Waals surface area contributed by atoms with Crippen molar-refractivity contribution in [3.8, 4) is 0 Å². The molecule has 0 spiro atoms. The first-order valence-corrected chi connectivity index (χ1v) is 9.55. The Balaban J connectivity index is 1.66. The highest BCUT2D eigenvalue weighted by Gasteiger charge is 2.28. The van der Waals surface area contributed by atoms with Crippen molar-refractivity contribution in [2.75, 3.05) is 31.1 Å². The first-order valence-electron chi connectivity index (χ1n) is 7.94. The molecule has 0 amide bonds. The maximum Gasteiger partial charge on any atom is 0.220 e. The Labute approximate surface area is 141 Å². The molecule has 0 N–H and O–H groups in total. The van der Waals surface area contributed by atoms with Crippen LogP contribution >= 0.6 is 0 Å². The fourth-order valence-corrected chi connectivity index (χ4v) is 4.17. The molecule has 130 valence electrons. The number of sulfonamides is 1. The van der Waals surface area contributed by atoms with Crippen LogP contribution in [0, 0.1) is 6.92 Å². The van der Waals surface area contributed by atoms with Crippen LogP contribution in [0.4, 0.5) is 5.82 Å². The van der Waals surface area contributed by atoms with E-state index in [-0.39, 0.29) is 5.75 Å². The zero-order valence-electron chi connectivity index (χ0n) is 13.8. The van der Waals surface area contributed by atoms with Gasteiger partial charge in [0.15, 0.2) is 0 Å². The Morgan fingerprint density at radius 2 is 1.92 bits per heavy atom. The minimum atomic E-state index is -3.38. The van der Waals surface area contributed by atoms with E-state index in [0.29, 0.717) is 31.9 Å². The van der Waals surface area contributed by atoms with Crippen molar-refractivity contribution in [2.45, 2.75) is 26.0 Å². The smallest absolute Gasteiger partial charge is 0.220 e. The molecular formula is C15H21N5O3S. The van der Waals surface area contributed by atoms with Crippen molar-refractivity contribution in [3.63, 3.8) is 0 Å². The van der Waals surface area contributed by atoms with Gasteiger partial charge in [-0.05, 0) is 13.3 Å². The van der Waals surface area contributed by atoms with Crippen LogP contribution in [-0.2, 0) is 22.2 Å². The lowest BCUT2D eigenvalue weighted by Crippen LogP contribution is -2.49. The molecule has 2 aromatic heterocycles. The molecule has 24 heavy (non-hydrogen) atoms. The van der Waals surface area contributed by atoms with Gasteiger partial charge in [0.1, 0.15) is 23.7 Å². The van der Waals surface area contributed by atoms with Crippen LogP contribution in [0.5, 0.6) is 0 Å². The lowest BCUT2D eigenvalue weighted by Gasteiger charge is -2.34. The van der Waals surface area contributed by atoms with Gasteiger partial charge in [-0.2, -0.15) is 4.31 Å². The number of hydrogen-bond donors (Lipinski definition) is 0. The van der Waals surface area contributed by atoms with Gasteiger partial charge in [0.25, 0.3) is 0 Å². The number of rotatable bonds is 5. The second-order valence-electron chi connectivity index (χ2n) is 5.75. The van der Waals surface area contributed by atoms with Gasteiger partial charge in [-0.1, -0.05) is 12.1 Å². The topological polar surface area (TPSA) is 92.4 Å². The second kappa shape index (κ2) is 6.86. The van der Waals surface area contributed by atoms with Crippen molar-refractivity contribution in [2.24, 2.45) is 0 Å². The summed E-state index contributed by atoms with van der Waals surface area (Å²) >= 11 is 0. The predicted octanol–water partition coefficient (Wildman–Crippen LogP) is 0.987. The van der Waals surface area contributed by atoms with Gasteiger partial charge in [-0.15, -0.1) is 0 Å². The van der Waals surface area contributed by atoms with E-state index in [9.17, 15) is 8.42 Å². The molecule has 1 fully saturated rings. The highest BCUT2D eigenvalue weighted by molar-refractivity contribution is 7.88. The molecule has 2 aromatic rings. The van der Waals surface area contributed by atoms with E-state index in [4.69, 9.17) is 4.52 Å². The van der Waals surface area contributed by atoms with Crippen molar-refractivity contribution >= 4 is 15.8 Å².